The Morgan fingerprint density at radius 3 is 2.37 bits per heavy atom. The number of sulfonamides is 1. The summed E-state index contributed by atoms with van der Waals surface area (Å²) in [5, 5.41) is 3.74. The van der Waals surface area contributed by atoms with Crippen LogP contribution < -0.4 is 0 Å². The maximum absolute atomic E-state index is 12.3. The van der Waals surface area contributed by atoms with Gasteiger partial charge in [-0.3, -0.25) is 0 Å². The van der Waals surface area contributed by atoms with Gasteiger partial charge in [0.15, 0.2) is 5.76 Å². The first-order valence-corrected chi connectivity index (χ1v) is 7.29. The summed E-state index contributed by atoms with van der Waals surface area (Å²) in [6.07, 6.45) is 0. The van der Waals surface area contributed by atoms with E-state index in [0.29, 0.717) is 5.76 Å². The molecular formula is C13H16N2O3S. The van der Waals surface area contributed by atoms with Crippen LogP contribution in [-0.2, 0) is 16.6 Å². The summed E-state index contributed by atoms with van der Waals surface area (Å²) >= 11 is 0. The molecule has 6 heteroatoms. The van der Waals surface area contributed by atoms with Crippen molar-refractivity contribution in [2.24, 2.45) is 0 Å². The van der Waals surface area contributed by atoms with E-state index in [1.807, 2.05) is 6.92 Å². The SMILES string of the molecule is Cc1ccc(S(=O)(=O)N(C)Cc2cc(C)no2)cc1. The van der Waals surface area contributed by atoms with Crippen LogP contribution in [0.25, 0.3) is 0 Å². The van der Waals surface area contributed by atoms with Crippen LogP contribution in [0, 0.1) is 13.8 Å². The highest BCUT2D eigenvalue weighted by atomic mass is 32.2. The number of hydrogen-bond acceptors (Lipinski definition) is 4. The lowest BCUT2D eigenvalue weighted by molar-refractivity contribution is 0.341. The van der Waals surface area contributed by atoms with Crippen LogP contribution in [0.5, 0.6) is 0 Å². The van der Waals surface area contributed by atoms with Crippen LogP contribution in [0.15, 0.2) is 39.8 Å². The van der Waals surface area contributed by atoms with Crippen LogP contribution in [0.4, 0.5) is 0 Å². The molecule has 19 heavy (non-hydrogen) atoms. The lowest BCUT2D eigenvalue weighted by Gasteiger charge is -2.15. The highest BCUT2D eigenvalue weighted by Crippen LogP contribution is 2.17. The molecule has 0 N–H and O–H groups in total. The van der Waals surface area contributed by atoms with Crippen molar-refractivity contribution in [1.29, 1.82) is 0 Å². The van der Waals surface area contributed by atoms with Crippen molar-refractivity contribution in [3.63, 3.8) is 0 Å². The molecule has 0 saturated heterocycles. The zero-order valence-corrected chi connectivity index (χ0v) is 11.9. The van der Waals surface area contributed by atoms with Gasteiger partial charge in [-0.05, 0) is 26.0 Å². The van der Waals surface area contributed by atoms with Gasteiger partial charge in [0.2, 0.25) is 10.0 Å². The van der Waals surface area contributed by atoms with Gasteiger partial charge in [0.1, 0.15) is 0 Å². The molecule has 1 aromatic heterocycles. The quantitative estimate of drug-likeness (QED) is 0.860. The largest absolute Gasteiger partial charge is 0.360 e. The molecule has 0 aliphatic heterocycles. The predicted molar refractivity (Wildman–Crippen MR) is 71.1 cm³/mol. The molecule has 5 nitrogen and oxygen atoms in total. The number of nitrogens with zero attached hydrogens (tertiary/aromatic N) is 2. The smallest absolute Gasteiger partial charge is 0.243 e. The topological polar surface area (TPSA) is 63.4 Å². The average molecular weight is 280 g/mol. The van der Waals surface area contributed by atoms with Crippen molar-refractivity contribution in [2.45, 2.75) is 25.3 Å². The molecule has 0 aliphatic carbocycles. The fourth-order valence-corrected chi connectivity index (χ4v) is 2.82. The molecule has 0 aliphatic rings. The maximum Gasteiger partial charge on any atom is 0.243 e. The first-order valence-electron chi connectivity index (χ1n) is 5.85. The Morgan fingerprint density at radius 1 is 1.21 bits per heavy atom. The Labute approximate surface area is 112 Å². The molecule has 0 unspecified atom stereocenters. The number of hydrogen-bond donors (Lipinski definition) is 0. The number of aryl methyl sites for hydroxylation is 2. The van der Waals surface area contributed by atoms with E-state index in [-0.39, 0.29) is 11.4 Å². The second-order valence-electron chi connectivity index (χ2n) is 4.51. The molecule has 102 valence electrons. The highest BCUT2D eigenvalue weighted by molar-refractivity contribution is 7.89. The summed E-state index contributed by atoms with van der Waals surface area (Å²) in [6, 6.07) is 8.49. The van der Waals surface area contributed by atoms with Crippen molar-refractivity contribution in [3.8, 4) is 0 Å². The monoisotopic (exact) mass is 280 g/mol. The first kappa shape index (κ1) is 13.8. The summed E-state index contributed by atoms with van der Waals surface area (Å²) in [7, 11) is -1.98. The van der Waals surface area contributed by atoms with Gasteiger partial charge in [-0.1, -0.05) is 22.9 Å². The van der Waals surface area contributed by atoms with Gasteiger partial charge in [0, 0.05) is 13.1 Å². The summed E-state index contributed by atoms with van der Waals surface area (Å²) < 4.78 is 30.9. The third kappa shape index (κ3) is 3.02. The van der Waals surface area contributed by atoms with Crippen LogP contribution in [-0.4, -0.2) is 24.9 Å². The van der Waals surface area contributed by atoms with Gasteiger partial charge in [-0.15, -0.1) is 0 Å². The lowest BCUT2D eigenvalue weighted by Crippen LogP contribution is -2.26. The minimum Gasteiger partial charge on any atom is -0.360 e. The van der Waals surface area contributed by atoms with Gasteiger partial charge >= 0.3 is 0 Å². The minimum absolute atomic E-state index is 0.164. The first-order chi connectivity index (χ1) is 8.89. The van der Waals surface area contributed by atoms with Crippen molar-refractivity contribution in [2.75, 3.05) is 7.05 Å². The number of aromatic nitrogens is 1. The molecule has 0 radical (unpaired) electrons. The minimum atomic E-state index is -3.50. The molecule has 2 aromatic rings. The van der Waals surface area contributed by atoms with Crippen LogP contribution >= 0.6 is 0 Å². The van der Waals surface area contributed by atoms with E-state index in [0.717, 1.165) is 11.3 Å². The van der Waals surface area contributed by atoms with Crippen molar-refractivity contribution in [3.05, 3.63) is 47.3 Å². The van der Waals surface area contributed by atoms with Crippen LogP contribution in [0.1, 0.15) is 17.0 Å². The van der Waals surface area contributed by atoms with E-state index in [2.05, 4.69) is 5.16 Å². The molecule has 1 aromatic carbocycles. The van der Waals surface area contributed by atoms with Gasteiger partial charge in [0.05, 0.1) is 17.1 Å². The van der Waals surface area contributed by atoms with E-state index < -0.39 is 10.0 Å². The van der Waals surface area contributed by atoms with E-state index in [1.165, 1.54) is 11.4 Å². The average Bonchev–Trinajstić information content (AvgIpc) is 2.75. The van der Waals surface area contributed by atoms with Crippen molar-refractivity contribution < 1.29 is 12.9 Å². The van der Waals surface area contributed by atoms with Crippen LogP contribution in [0.2, 0.25) is 0 Å². The summed E-state index contributed by atoms with van der Waals surface area (Å²) in [4.78, 5) is 0.275. The number of benzene rings is 1. The highest BCUT2D eigenvalue weighted by Gasteiger charge is 2.21. The molecule has 0 fully saturated rings. The summed E-state index contributed by atoms with van der Waals surface area (Å²) in [5.41, 5.74) is 1.75. The third-order valence-electron chi connectivity index (χ3n) is 2.78. The predicted octanol–water partition coefficient (Wildman–Crippen LogP) is 2.11. The van der Waals surface area contributed by atoms with Crippen molar-refractivity contribution in [1.82, 2.24) is 9.46 Å². The Morgan fingerprint density at radius 2 is 1.84 bits per heavy atom. The van der Waals surface area contributed by atoms with E-state index in [4.69, 9.17) is 4.52 Å². The van der Waals surface area contributed by atoms with E-state index in [9.17, 15) is 8.42 Å². The lowest BCUT2D eigenvalue weighted by atomic mass is 10.2. The second kappa shape index (κ2) is 5.14. The summed E-state index contributed by atoms with van der Waals surface area (Å²) in [6.45, 7) is 3.87. The Balaban J connectivity index is 2.21. The maximum atomic E-state index is 12.3. The molecule has 0 spiro atoms. The molecule has 0 atom stereocenters. The fraction of sp³-hybridized carbons (Fsp3) is 0.308. The molecular weight excluding hydrogens is 264 g/mol. The normalized spacial score (nSPS) is 12.0. The molecule has 1 heterocycles. The molecule has 2 rings (SSSR count). The zero-order valence-electron chi connectivity index (χ0n) is 11.1. The Kier molecular flexibility index (Phi) is 3.73. The second-order valence-corrected chi connectivity index (χ2v) is 6.55. The number of rotatable bonds is 4. The third-order valence-corrected chi connectivity index (χ3v) is 4.60. The van der Waals surface area contributed by atoms with Crippen molar-refractivity contribution >= 4 is 10.0 Å². The van der Waals surface area contributed by atoms with Crippen LogP contribution in [0.3, 0.4) is 0 Å². The molecule has 0 bridgehead atoms. The van der Waals surface area contributed by atoms with Gasteiger partial charge in [-0.2, -0.15) is 4.31 Å². The zero-order chi connectivity index (χ0) is 14.0. The van der Waals surface area contributed by atoms with Gasteiger partial charge in [-0.25, -0.2) is 8.42 Å². The summed E-state index contributed by atoms with van der Waals surface area (Å²) in [5.74, 6) is 0.524. The Hall–Kier alpha value is -1.66. The van der Waals surface area contributed by atoms with Gasteiger partial charge < -0.3 is 4.52 Å². The standard InChI is InChI=1S/C13H16N2O3S/c1-10-4-6-13(7-5-10)19(16,17)15(3)9-12-8-11(2)14-18-12/h4-8H,9H2,1-3H3. The Bertz CT molecular complexity index is 659. The molecule has 0 saturated carbocycles. The van der Waals surface area contributed by atoms with Gasteiger partial charge in [0.25, 0.3) is 0 Å². The molecule has 0 amide bonds. The van der Waals surface area contributed by atoms with E-state index >= 15 is 0 Å². The van der Waals surface area contributed by atoms with E-state index in [1.54, 1.807) is 37.3 Å². The fourth-order valence-electron chi connectivity index (χ4n) is 1.69.